The molecule has 4 rings (SSSR count). The highest BCUT2D eigenvalue weighted by atomic mass is 127. The Labute approximate surface area is 181 Å². The van der Waals surface area contributed by atoms with Crippen LogP contribution in [-0.2, 0) is 9.47 Å². The molecule has 6 nitrogen and oxygen atoms in total. The Hall–Kier alpha value is -0.120. The fourth-order valence-corrected chi connectivity index (χ4v) is 5.52. The molecule has 1 saturated carbocycles. The Kier molecular flexibility index (Phi) is 7.66. The Balaban J connectivity index is 0.00000210. The smallest absolute Gasteiger partial charge is 0.193 e. The van der Waals surface area contributed by atoms with E-state index in [0.717, 1.165) is 65.1 Å². The minimum atomic E-state index is 0. The molecule has 1 atom stereocenters. The maximum Gasteiger partial charge on any atom is 0.193 e. The van der Waals surface area contributed by atoms with Gasteiger partial charge in [0.15, 0.2) is 5.96 Å². The molecule has 3 heterocycles. The van der Waals surface area contributed by atoms with Crippen LogP contribution >= 0.6 is 24.0 Å². The van der Waals surface area contributed by atoms with Gasteiger partial charge in [0.1, 0.15) is 0 Å². The van der Waals surface area contributed by atoms with Crippen LogP contribution in [0.3, 0.4) is 0 Å². The minimum absolute atomic E-state index is 0. The molecule has 4 fully saturated rings. The predicted molar refractivity (Wildman–Crippen MR) is 119 cm³/mol. The van der Waals surface area contributed by atoms with E-state index in [0.29, 0.717) is 5.41 Å². The minimum Gasteiger partial charge on any atom is -0.381 e. The van der Waals surface area contributed by atoms with Gasteiger partial charge in [-0.1, -0.05) is 19.3 Å². The number of hydrogen-bond donors (Lipinski definition) is 1. The molecular weight excluding hydrogens is 455 g/mol. The van der Waals surface area contributed by atoms with Crippen molar-refractivity contribution in [2.75, 3.05) is 66.2 Å². The van der Waals surface area contributed by atoms with E-state index in [2.05, 4.69) is 20.1 Å². The van der Waals surface area contributed by atoms with Crippen molar-refractivity contribution in [1.82, 2.24) is 15.1 Å². The van der Waals surface area contributed by atoms with Crippen LogP contribution in [0.2, 0.25) is 0 Å². The van der Waals surface area contributed by atoms with Gasteiger partial charge >= 0.3 is 0 Å². The molecule has 0 aromatic heterocycles. The van der Waals surface area contributed by atoms with Crippen molar-refractivity contribution >= 4 is 29.9 Å². The van der Waals surface area contributed by atoms with Gasteiger partial charge in [0, 0.05) is 57.3 Å². The number of nitrogens with one attached hydrogen (secondary N) is 1. The maximum atomic E-state index is 5.69. The molecule has 156 valence electrons. The zero-order chi connectivity index (χ0) is 17.9. The molecule has 3 aliphatic heterocycles. The first-order chi connectivity index (χ1) is 12.8. The van der Waals surface area contributed by atoms with Crippen molar-refractivity contribution in [1.29, 1.82) is 0 Å². The molecule has 7 heteroatoms. The van der Waals surface area contributed by atoms with Crippen LogP contribution < -0.4 is 5.32 Å². The Morgan fingerprint density at radius 2 is 1.74 bits per heavy atom. The monoisotopic (exact) mass is 492 g/mol. The Morgan fingerprint density at radius 1 is 0.963 bits per heavy atom. The van der Waals surface area contributed by atoms with E-state index in [1.54, 1.807) is 0 Å². The molecule has 0 aromatic rings. The predicted octanol–water partition coefficient (Wildman–Crippen LogP) is 2.33. The van der Waals surface area contributed by atoms with Crippen molar-refractivity contribution < 1.29 is 9.47 Å². The van der Waals surface area contributed by atoms with Crippen molar-refractivity contribution in [3.8, 4) is 0 Å². The highest BCUT2D eigenvalue weighted by molar-refractivity contribution is 14.0. The summed E-state index contributed by atoms with van der Waals surface area (Å²) in [5.41, 5.74) is 0.663. The molecule has 3 saturated heterocycles. The summed E-state index contributed by atoms with van der Waals surface area (Å²) in [6.45, 7) is 8.98. The molecule has 0 radical (unpaired) electrons. The van der Waals surface area contributed by atoms with Crippen LogP contribution in [0.4, 0.5) is 0 Å². The van der Waals surface area contributed by atoms with Crippen LogP contribution in [0.15, 0.2) is 4.99 Å². The third-order valence-corrected chi connectivity index (χ3v) is 7.18. The van der Waals surface area contributed by atoms with Gasteiger partial charge in [-0.05, 0) is 25.7 Å². The fourth-order valence-electron chi connectivity index (χ4n) is 5.52. The van der Waals surface area contributed by atoms with Crippen LogP contribution in [0.25, 0.3) is 0 Å². The average Bonchev–Trinajstić information content (AvgIpc) is 3.34. The van der Waals surface area contributed by atoms with Crippen LogP contribution in [0, 0.1) is 5.41 Å². The van der Waals surface area contributed by atoms with E-state index in [9.17, 15) is 0 Å². The number of morpholine rings is 1. The van der Waals surface area contributed by atoms with Crippen molar-refractivity contribution in [2.24, 2.45) is 10.4 Å². The second-order valence-corrected chi connectivity index (χ2v) is 8.76. The number of nitrogens with zero attached hydrogens (tertiary/aromatic N) is 3. The van der Waals surface area contributed by atoms with Crippen molar-refractivity contribution in [2.45, 2.75) is 50.5 Å². The molecule has 1 spiro atoms. The first kappa shape index (κ1) is 21.6. The molecule has 1 N–H and O–H groups in total. The highest BCUT2D eigenvalue weighted by Crippen LogP contribution is 2.38. The van der Waals surface area contributed by atoms with Gasteiger partial charge in [-0.25, -0.2) is 0 Å². The zero-order valence-corrected chi connectivity index (χ0v) is 19.2. The topological polar surface area (TPSA) is 49.3 Å². The van der Waals surface area contributed by atoms with E-state index in [4.69, 9.17) is 9.47 Å². The van der Waals surface area contributed by atoms with Gasteiger partial charge in [0.05, 0.1) is 19.8 Å². The van der Waals surface area contributed by atoms with E-state index >= 15 is 0 Å². The lowest BCUT2D eigenvalue weighted by molar-refractivity contribution is -0.0354. The number of halogens is 1. The van der Waals surface area contributed by atoms with Crippen molar-refractivity contribution in [3.63, 3.8) is 0 Å². The average molecular weight is 492 g/mol. The molecule has 27 heavy (non-hydrogen) atoms. The van der Waals surface area contributed by atoms with Gasteiger partial charge in [-0.15, -0.1) is 24.0 Å². The number of ether oxygens (including phenoxy) is 2. The number of hydrogen-bond acceptors (Lipinski definition) is 4. The third kappa shape index (κ3) is 4.73. The van der Waals surface area contributed by atoms with Crippen LogP contribution in [0.5, 0.6) is 0 Å². The lowest BCUT2D eigenvalue weighted by atomic mass is 9.79. The van der Waals surface area contributed by atoms with Gasteiger partial charge in [-0.2, -0.15) is 0 Å². The highest BCUT2D eigenvalue weighted by Gasteiger charge is 2.43. The number of likely N-dealkylation sites (tertiary alicyclic amines) is 1. The lowest BCUT2D eigenvalue weighted by Gasteiger charge is -2.48. The first-order valence-electron chi connectivity index (χ1n) is 10.6. The molecule has 4 aliphatic rings. The summed E-state index contributed by atoms with van der Waals surface area (Å²) >= 11 is 0. The Morgan fingerprint density at radius 3 is 2.41 bits per heavy atom. The molecular formula is C20H37IN4O2. The number of guanidine groups is 1. The van der Waals surface area contributed by atoms with Gasteiger partial charge in [-0.3, -0.25) is 9.89 Å². The second-order valence-electron chi connectivity index (χ2n) is 8.76. The largest absolute Gasteiger partial charge is 0.381 e. The summed E-state index contributed by atoms with van der Waals surface area (Å²) in [4.78, 5) is 9.80. The van der Waals surface area contributed by atoms with Gasteiger partial charge < -0.3 is 19.7 Å². The van der Waals surface area contributed by atoms with E-state index in [1.165, 1.54) is 44.9 Å². The first-order valence-corrected chi connectivity index (χ1v) is 10.6. The summed E-state index contributed by atoms with van der Waals surface area (Å²) in [5.74, 6) is 1.09. The summed E-state index contributed by atoms with van der Waals surface area (Å²) in [6, 6.07) is 0. The van der Waals surface area contributed by atoms with Crippen LogP contribution in [0.1, 0.15) is 44.9 Å². The summed E-state index contributed by atoms with van der Waals surface area (Å²) in [5, 5.41) is 3.78. The van der Waals surface area contributed by atoms with E-state index in [-0.39, 0.29) is 29.5 Å². The lowest BCUT2D eigenvalue weighted by Crippen LogP contribution is -2.60. The van der Waals surface area contributed by atoms with Crippen LogP contribution in [-0.4, -0.2) is 87.5 Å². The van der Waals surface area contributed by atoms with Crippen molar-refractivity contribution in [3.05, 3.63) is 0 Å². The standard InChI is InChI=1S/C20H36N4O2.HI/c1-21-18(23-9-7-19(16-23)8-12-26-17-19)22-15-20(5-3-2-4-6-20)24-10-13-25-14-11-24;/h2-17H2,1H3,(H,21,22);1H. The third-order valence-electron chi connectivity index (χ3n) is 7.18. The van der Waals surface area contributed by atoms with E-state index in [1.807, 2.05) is 7.05 Å². The van der Waals surface area contributed by atoms with Gasteiger partial charge in [0.25, 0.3) is 0 Å². The second kappa shape index (κ2) is 9.59. The fraction of sp³-hybridized carbons (Fsp3) is 0.950. The van der Waals surface area contributed by atoms with Gasteiger partial charge in [0.2, 0.25) is 0 Å². The Bertz CT molecular complexity index is 498. The summed E-state index contributed by atoms with van der Waals surface area (Å²) < 4.78 is 11.3. The van der Waals surface area contributed by atoms with E-state index < -0.39 is 0 Å². The normalized spacial score (nSPS) is 31.9. The number of rotatable bonds is 3. The molecule has 0 bridgehead atoms. The summed E-state index contributed by atoms with van der Waals surface area (Å²) in [6.07, 6.45) is 9.13. The molecule has 1 aliphatic carbocycles. The summed E-state index contributed by atoms with van der Waals surface area (Å²) in [7, 11) is 1.93. The molecule has 0 aromatic carbocycles. The SMILES string of the molecule is CN=C(NCC1(N2CCOCC2)CCCCC1)N1CCC2(CCOC2)C1.I. The maximum absolute atomic E-state index is 5.69. The molecule has 0 amide bonds. The quantitative estimate of drug-likeness (QED) is 0.373. The molecule has 1 unspecified atom stereocenters. The zero-order valence-electron chi connectivity index (χ0n) is 16.9. The number of aliphatic imine (C=N–C) groups is 1.